The maximum Gasteiger partial charge on any atom is 0.155 e. The SMILES string of the molecule is CCOC(C)OC1CC(C)(I)C1. The predicted octanol–water partition coefficient (Wildman–Crippen LogP) is 2.74. The minimum absolute atomic E-state index is 0.0347. The van der Waals surface area contributed by atoms with Crippen molar-refractivity contribution in [3.8, 4) is 0 Å². The van der Waals surface area contributed by atoms with Crippen LogP contribution in [-0.2, 0) is 9.47 Å². The molecule has 0 heterocycles. The summed E-state index contributed by atoms with van der Waals surface area (Å²) < 4.78 is 11.4. The Morgan fingerprint density at radius 2 is 2.17 bits per heavy atom. The van der Waals surface area contributed by atoms with E-state index in [0.717, 1.165) is 19.4 Å². The first-order valence-corrected chi connectivity index (χ1v) is 5.57. The van der Waals surface area contributed by atoms with E-state index in [9.17, 15) is 0 Å². The van der Waals surface area contributed by atoms with Crippen molar-refractivity contribution >= 4 is 22.6 Å². The molecule has 12 heavy (non-hydrogen) atoms. The van der Waals surface area contributed by atoms with E-state index < -0.39 is 0 Å². The van der Waals surface area contributed by atoms with Crippen LogP contribution in [0.3, 0.4) is 0 Å². The summed E-state index contributed by atoms with van der Waals surface area (Å²) in [5, 5.41) is 0. The smallest absolute Gasteiger partial charge is 0.155 e. The highest BCUT2D eigenvalue weighted by molar-refractivity contribution is 14.1. The van der Waals surface area contributed by atoms with Crippen molar-refractivity contribution in [1.82, 2.24) is 0 Å². The molecule has 0 saturated heterocycles. The van der Waals surface area contributed by atoms with Gasteiger partial charge in [0, 0.05) is 10.0 Å². The van der Waals surface area contributed by atoms with E-state index in [4.69, 9.17) is 9.47 Å². The van der Waals surface area contributed by atoms with Gasteiger partial charge in [0.1, 0.15) is 0 Å². The minimum atomic E-state index is -0.0347. The van der Waals surface area contributed by atoms with Crippen LogP contribution >= 0.6 is 22.6 Å². The first kappa shape index (κ1) is 10.7. The second kappa shape index (κ2) is 4.24. The van der Waals surface area contributed by atoms with E-state index in [-0.39, 0.29) is 6.29 Å². The van der Waals surface area contributed by atoms with Crippen molar-refractivity contribution in [3.05, 3.63) is 0 Å². The van der Waals surface area contributed by atoms with E-state index in [1.165, 1.54) is 0 Å². The summed E-state index contributed by atoms with van der Waals surface area (Å²) in [6, 6.07) is 0. The van der Waals surface area contributed by atoms with Crippen molar-refractivity contribution in [1.29, 1.82) is 0 Å². The Balaban J connectivity index is 2.10. The van der Waals surface area contributed by atoms with Gasteiger partial charge < -0.3 is 9.47 Å². The number of hydrogen-bond donors (Lipinski definition) is 0. The van der Waals surface area contributed by atoms with Gasteiger partial charge in [-0.05, 0) is 26.7 Å². The van der Waals surface area contributed by atoms with E-state index >= 15 is 0 Å². The molecule has 1 aliphatic carbocycles. The summed E-state index contributed by atoms with van der Waals surface area (Å²) in [4.78, 5) is 0. The largest absolute Gasteiger partial charge is 0.353 e. The average molecular weight is 284 g/mol. The van der Waals surface area contributed by atoms with Crippen molar-refractivity contribution in [3.63, 3.8) is 0 Å². The molecule has 0 aromatic heterocycles. The Kier molecular flexibility index (Phi) is 3.79. The van der Waals surface area contributed by atoms with Crippen LogP contribution in [0.25, 0.3) is 0 Å². The molecule has 1 saturated carbocycles. The van der Waals surface area contributed by atoms with Gasteiger partial charge in [-0.25, -0.2) is 0 Å². The van der Waals surface area contributed by atoms with Crippen LogP contribution in [-0.4, -0.2) is 22.4 Å². The van der Waals surface area contributed by atoms with Gasteiger partial charge in [-0.15, -0.1) is 0 Å². The highest BCUT2D eigenvalue weighted by atomic mass is 127. The summed E-state index contributed by atoms with van der Waals surface area (Å²) in [5.74, 6) is 0. The number of halogens is 1. The molecule has 0 aromatic rings. The Bertz CT molecular complexity index is 139. The number of hydrogen-bond acceptors (Lipinski definition) is 2. The van der Waals surface area contributed by atoms with E-state index in [1.807, 2.05) is 13.8 Å². The lowest BCUT2D eigenvalue weighted by Gasteiger charge is -2.41. The second-order valence-electron chi connectivity index (χ2n) is 3.60. The zero-order chi connectivity index (χ0) is 9.19. The second-order valence-corrected chi connectivity index (χ2v) is 6.21. The zero-order valence-electron chi connectivity index (χ0n) is 7.97. The molecule has 1 fully saturated rings. The maximum absolute atomic E-state index is 5.64. The molecule has 0 bridgehead atoms. The van der Waals surface area contributed by atoms with Crippen LogP contribution in [0.5, 0.6) is 0 Å². The molecule has 0 N–H and O–H groups in total. The third-order valence-corrected chi connectivity index (χ3v) is 2.97. The molecule has 1 aliphatic rings. The van der Waals surface area contributed by atoms with Crippen molar-refractivity contribution in [2.45, 2.75) is 49.4 Å². The molecule has 1 unspecified atom stereocenters. The van der Waals surface area contributed by atoms with Crippen LogP contribution in [0.15, 0.2) is 0 Å². The van der Waals surface area contributed by atoms with Crippen LogP contribution in [0.2, 0.25) is 0 Å². The predicted molar refractivity (Wildman–Crippen MR) is 57.6 cm³/mol. The number of alkyl halides is 1. The van der Waals surface area contributed by atoms with Gasteiger partial charge in [-0.3, -0.25) is 0 Å². The van der Waals surface area contributed by atoms with E-state index in [1.54, 1.807) is 0 Å². The molecule has 0 radical (unpaired) electrons. The molecule has 0 aliphatic heterocycles. The van der Waals surface area contributed by atoms with Crippen LogP contribution in [0.4, 0.5) is 0 Å². The standard InChI is InChI=1S/C9H17IO2/c1-4-11-7(2)12-8-5-9(3,10)6-8/h7-8H,4-6H2,1-3H3. The molecule has 0 spiro atoms. The first-order chi connectivity index (χ1) is 5.53. The van der Waals surface area contributed by atoms with Gasteiger partial charge in [-0.2, -0.15) is 0 Å². The number of rotatable bonds is 4. The summed E-state index contributed by atoms with van der Waals surface area (Å²) >= 11 is 2.49. The summed E-state index contributed by atoms with van der Waals surface area (Å²) in [5.41, 5.74) is 0. The van der Waals surface area contributed by atoms with Gasteiger partial charge in [0.25, 0.3) is 0 Å². The van der Waals surface area contributed by atoms with E-state index in [0.29, 0.717) is 9.53 Å². The third-order valence-electron chi connectivity index (χ3n) is 2.09. The highest BCUT2D eigenvalue weighted by Gasteiger charge is 2.39. The van der Waals surface area contributed by atoms with Crippen LogP contribution < -0.4 is 0 Å². The lowest BCUT2D eigenvalue weighted by Crippen LogP contribution is -2.42. The molecular formula is C9H17IO2. The molecule has 0 amide bonds. The molecule has 72 valence electrons. The summed E-state index contributed by atoms with van der Waals surface area (Å²) in [6.07, 6.45) is 2.71. The van der Waals surface area contributed by atoms with Crippen LogP contribution in [0, 0.1) is 0 Å². The van der Waals surface area contributed by atoms with Gasteiger partial charge in [0.2, 0.25) is 0 Å². The van der Waals surface area contributed by atoms with Gasteiger partial charge in [-0.1, -0.05) is 29.5 Å². The Hall–Kier alpha value is 0.650. The maximum atomic E-state index is 5.64. The molecule has 2 nitrogen and oxygen atoms in total. The summed E-state index contributed by atoms with van der Waals surface area (Å²) in [6.45, 7) is 6.95. The third kappa shape index (κ3) is 3.18. The summed E-state index contributed by atoms with van der Waals surface area (Å²) in [7, 11) is 0. The zero-order valence-corrected chi connectivity index (χ0v) is 10.1. The normalized spacial score (nSPS) is 37.5. The first-order valence-electron chi connectivity index (χ1n) is 4.49. The quantitative estimate of drug-likeness (QED) is 0.449. The van der Waals surface area contributed by atoms with Crippen molar-refractivity contribution < 1.29 is 9.47 Å². The molecule has 0 aromatic carbocycles. The molecule has 1 rings (SSSR count). The Labute approximate surface area is 88.1 Å². The monoisotopic (exact) mass is 284 g/mol. The Morgan fingerprint density at radius 3 is 2.58 bits per heavy atom. The van der Waals surface area contributed by atoms with E-state index in [2.05, 4.69) is 29.5 Å². The van der Waals surface area contributed by atoms with Gasteiger partial charge >= 0.3 is 0 Å². The lowest BCUT2D eigenvalue weighted by molar-refractivity contribution is -0.177. The number of ether oxygens (including phenoxy) is 2. The minimum Gasteiger partial charge on any atom is -0.353 e. The van der Waals surface area contributed by atoms with Gasteiger partial charge in [0.05, 0.1) is 6.10 Å². The average Bonchev–Trinajstić information content (AvgIpc) is 1.83. The fourth-order valence-electron chi connectivity index (χ4n) is 1.53. The fourth-order valence-corrected chi connectivity index (χ4v) is 2.51. The van der Waals surface area contributed by atoms with Crippen LogP contribution in [0.1, 0.15) is 33.6 Å². The fraction of sp³-hybridized carbons (Fsp3) is 1.00. The highest BCUT2D eigenvalue weighted by Crippen LogP contribution is 2.42. The molecule has 3 heteroatoms. The molecule has 1 atom stereocenters. The van der Waals surface area contributed by atoms with Gasteiger partial charge in [0.15, 0.2) is 6.29 Å². The molecular weight excluding hydrogens is 267 g/mol. The topological polar surface area (TPSA) is 18.5 Å². The Morgan fingerprint density at radius 1 is 1.58 bits per heavy atom. The lowest BCUT2D eigenvalue weighted by atomic mass is 9.84. The van der Waals surface area contributed by atoms with Crippen molar-refractivity contribution in [2.75, 3.05) is 6.61 Å². The van der Waals surface area contributed by atoms with Crippen molar-refractivity contribution in [2.24, 2.45) is 0 Å².